The summed E-state index contributed by atoms with van der Waals surface area (Å²) < 4.78 is 10.5. The SMILES string of the molecule is CCOC(=O)C(Cc1cccc(C)c1)N(C)C(=O)OC(C)(C)C. The third-order valence-electron chi connectivity index (χ3n) is 3.22. The Morgan fingerprint density at radius 2 is 1.91 bits per heavy atom. The van der Waals surface area contributed by atoms with Crippen molar-refractivity contribution >= 4 is 12.1 Å². The van der Waals surface area contributed by atoms with E-state index < -0.39 is 23.7 Å². The molecule has 0 heterocycles. The maximum Gasteiger partial charge on any atom is 0.410 e. The summed E-state index contributed by atoms with van der Waals surface area (Å²) >= 11 is 0. The molecule has 1 aromatic rings. The molecule has 1 unspecified atom stereocenters. The van der Waals surface area contributed by atoms with Crippen LogP contribution in [0.25, 0.3) is 0 Å². The van der Waals surface area contributed by atoms with Gasteiger partial charge in [0.15, 0.2) is 0 Å². The van der Waals surface area contributed by atoms with Gasteiger partial charge in [-0.05, 0) is 40.2 Å². The van der Waals surface area contributed by atoms with Crippen molar-refractivity contribution < 1.29 is 19.1 Å². The fourth-order valence-electron chi connectivity index (χ4n) is 2.14. The van der Waals surface area contributed by atoms with Crippen molar-refractivity contribution in [3.63, 3.8) is 0 Å². The van der Waals surface area contributed by atoms with Crippen LogP contribution in [0.5, 0.6) is 0 Å². The Labute approximate surface area is 138 Å². The Balaban J connectivity index is 2.95. The Bertz CT molecular complexity index is 548. The van der Waals surface area contributed by atoms with Crippen molar-refractivity contribution in [1.29, 1.82) is 0 Å². The molecule has 0 saturated carbocycles. The number of likely N-dealkylation sites (N-methyl/N-ethyl adjacent to an activating group) is 1. The van der Waals surface area contributed by atoms with Crippen LogP contribution < -0.4 is 0 Å². The van der Waals surface area contributed by atoms with Crippen LogP contribution in [-0.4, -0.2) is 42.3 Å². The number of amides is 1. The molecule has 0 aromatic heterocycles. The quantitative estimate of drug-likeness (QED) is 0.781. The number of carbonyl (C=O) groups is 2. The van der Waals surface area contributed by atoms with Gasteiger partial charge in [0.2, 0.25) is 0 Å². The molecule has 23 heavy (non-hydrogen) atoms. The van der Waals surface area contributed by atoms with E-state index in [-0.39, 0.29) is 6.61 Å². The van der Waals surface area contributed by atoms with Gasteiger partial charge in [-0.3, -0.25) is 4.90 Å². The molecule has 0 bridgehead atoms. The predicted octanol–water partition coefficient (Wildman–Crippen LogP) is 3.34. The minimum Gasteiger partial charge on any atom is -0.464 e. The Morgan fingerprint density at radius 1 is 1.26 bits per heavy atom. The van der Waals surface area contributed by atoms with Gasteiger partial charge in [-0.2, -0.15) is 0 Å². The molecule has 1 aromatic carbocycles. The van der Waals surface area contributed by atoms with Crippen LogP contribution in [0.3, 0.4) is 0 Å². The highest BCUT2D eigenvalue weighted by atomic mass is 16.6. The Morgan fingerprint density at radius 3 is 2.43 bits per heavy atom. The van der Waals surface area contributed by atoms with Gasteiger partial charge in [0, 0.05) is 13.5 Å². The molecule has 0 fully saturated rings. The zero-order chi connectivity index (χ0) is 17.6. The van der Waals surface area contributed by atoms with Gasteiger partial charge in [-0.25, -0.2) is 9.59 Å². The molecule has 0 N–H and O–H groups in total. The third-order valence-corrected chi connectivity index (χ3v) is 3.22. The minimum atomic E-state index is -0.716. The first-order valence-corrected chi connectivity index (χ1v) is 7.82. The molecule has 0 aliphatic carbocycles. The largest absolute Gasteiger partial charge is 0.464 e. The molecule has 5 heteroatoms. The van der Waals surface area contributed by atoms with E-state index in [1.807, 2.05) is 31.2 Å². The van der Waals surface area contributed by atoms with Crippen LogP contribution in [0.1, 0.15) is 38.8 Å². The minimum absolute atomic E-state index is 0.269. The highest BCUT2D eigenvalue weighted by Gasteiger charge is 2.31. The average Bonchev–Trinajstić information content (AvgIpc) is 2.42. The summed E-state index contributed by atoms with van der Waals surface area (Å²) in [5.74, 6) is -0.428. The number of hydrogen-bond acceptors (Lipinski definition) is 4. The standard InChI is InChI=1S/C18H27NO4/c1-7-22-16(20)15(12-14-10-8-9-13(2)11-14)19(6)17(21)23-18(3,4)5/h8-11,15H,7,12H2,1-6H3. The smallest absolute Gasteiger partial charge is 0.410 e. The number of aryl methyl sites for hydroxylation is 1. The molecule has 0 spiro atoms. The van der Waals surface area contributed by atoms with Crippen LogP contribution in [-0.2, 0) is 20.7 Å². The summed E-state index contributed by atoms with van der Waals surface area (Å²) in [7, 11) is 1.56. The van der Waals surface area contributed by atoms with Crippen molar-refractivity contribution in [2.24, 2.45) is 0 Å². The molecule has 1 atom stereocenters. The Hall–Kier alpha value is -2.04. The number of nitrogens with zero attached hydrogens (tertiary/aromatic N) is 1. The van der Waals surface area contributed by atoms with E-state index >= 15 is 0 Å². The van der Waals surface area contributed by atoms with Gasteiger partial charge in [0.1, 0.15) is 11.6 Å². The average molecular weight is 321 g/mol. The lowest BCUT2D eigenvalue weighted by atomic mass is 10.0. The molecular formula is C18H27NO4. The lowest BCUT2D eigenvalue weighted by molar-refractivity contribution is -0.148. The fourth-order valence-corrected chi connectivity index (χ4v) is 2.14. The van der Waals surface area contributed by atoms with E-state index in [0.29, 0.717) is 6.42 Å². The molecule has 0 saturated heterocycles. The van der Waals surface area contributed by atoms with E-state index in [9.17, 15) is 9.59 Å². The molecule has 1 rings (SSSR count). The molecule has 128 valence electrons. The number of carbonyl (C=O) groups excluding carboxylic acids is 2. The first kappa shape index (κ1) is 19.0. The first-order chi connectivity index (χ1) is 10.6. The molecule has 0 aliphatic rings. The van der Waals surface area contributed by atoms with Crippen LogP contribution >= 0.6 is 0 Å². The number of rotatable bonds is 5. The second-order valence-corrected chi connectivity index (χ2v) is 6.55. The van der Waals surface area contributed by atoms with Gasteiger partial charge < -0.3 is 9.47 Å². The summed E-state index contributed by atoms with van der Waals surface area (Å²) in [4.78, 5) is 25.8. The molecule has 5 nitrogen and oxygen atoms in total. The maximum atomic E-state index is 12.3. The van der Waals surface area contributed by atoms with Crippen LogP contribution in [0.2, 0.25) is 0 Å². The second kappa shape index (κ2) is 7.99. The normalized spacial score (nSPS) is 12.4. The zero-order valence-electron chi connectivity index (χ0n) is 14.9. The number of esters is 1. The summed E-state index contributed by atoms with van der Waals surface area (Å²) in [5.41, 5.74) is 1.46. The predicted molar refractivity (Wildman–Crippen MR) is 89.3 cm³/mol. The number of hydrogen-bond donors (Lipinski definition) is 0. The van der Waals surface area contributed by atoms with Gasteiger partial charge in [0.05, 0.1) is 6.61 Å². The van der Waals surface area contributed by atoms with Gasteiger partial charge in [-0.15, -0.1) is 0 Å². The zero-order valence-corrected chi connectivity index (χ0v) is 14.9. The van der Waals surface area contributed by atoms with E-state index in [1.54, 1.807) is 34.7 Å². The monoisotopic (exact) mass is 321 g/mol. The molecule has 1 amide bonds. The van der Waals surface area contributed by atoms with Crippen molar-refractivity contribution in [2.45, 2.75) is 52.7 Å². The molecule has 0 radical (unpaired) electrons. The van der Waals surface area contributed by atoms with Gasteiger partial charge in [0.25, 0.3) is 0 Å². The third kappa shape index (κ3) is 6.30. The number of ether oxygens (including phenoxy) is 2. The van der Waals surface area contributed by atoms with Crippen LogP contribution in [0.15, 0.2) is 24.3 Å². The summed E-state index contributed by atoms with van der Waals surface area (Å²) in [6.07, 6.45) is -0.154. The van der Waals surface area contributed by atoms with Crippen molar-refractivity contribution in [1.82, 2.24) is 4.90 Å². The van der Waals surface area contributed by atoms with Crippen LogP contribution in [0.4, 0.5) is 4.79 Å². The van der Waals surface area contributed by atoms with Crippen LogP contribution in [0, 0.1) is 6.92 Å². The van der Waals surface area contributed by atoms with E-state index in [2.05, 4.69) is 0 Å². The lowest BCUT2D eigenvalue weighted by Gasteiger charge is -2.29. The summed E-state index contributed by atoms with van der Waals surface area (Å²) in [6.45, 7) is 9.37. The van der Waals surface area contributed by atoms with E-state index in [0.717, 1.165) is 11.1 Å². The number of benzene rings is 1. The van der Waals surface area contributed by atoms with Crippen molar-refractivity contribution in [3.8, 4) is 0 Å². The Kier molecular flexibility index (Phi) is 6.61. The van der Waals surface area contributed by atoms with Gasteiger partial charge in [-0.1, -0.05) is 29.8 Å². The lowest BCUT2D eigenvalue weighted by Crippen LogP contribution is -2.46. The maximum absolute atomic E-state index is 12.3. The second-order valence-electron chi connectivity index (χ2n) is 6.55. The topological polar surface area (TPSA) is 55.8 Å². The molecule has 0 aliphatic heterocycles. The first-order valence-electron chi connectivity index (χ1n) is 7.82. The van der Waals surface area contributed by atoms with E-state index in [1.165, 1.54) is 4.90 Å². The van der Waals surface area contributed by atoms with E-state index in [4.69, 9.17) is 9.47 Å². The molecular weight excluding hydrogens is 294 g/mol. The van der Waals surface area contributed by atoms with Gasteiger partial charge >= 0.3 is 12.1 Å². The van der Waals surface area contributed by atoms with Crippen molar-refractivity contribution in [2.75, 3.05) is 13.7 Å². The summed E-state index contributed by atoms with van der Waals surface area (Å²) in [5, 5.41) is 0. The highest BCUT2D eigenvalue weighted by molar-refractivity contribution is 5.81. The summed E-state index contributed by atoms with van der Waals surface area (Å²) in [6, 6.07) is 7.13. The fraction of sp³-hybridized carbons (Fsp3) is 0.556. The van der Waals surface area contributed by atoms with Crippen molar-refractivity contribution in [3.05, 3.63) is 35.4 Å². The highest BCUT2D eigenvalue weighted by Crippen LogP contribution is 2.15.